The maximum atomic E-state index is 6.35. The molecule has 0 amide bonds. The summed E-state index contributed by atoms with van der Waals surface area (Å²) >= 11 is 14.2. The van der Waals surface area contributed by atoms with E-state index < -0.39 is 0 Å². The highest BCUT2D eigenvalue weighted by Crippen LogP contribution is 2.25. The fourth-order valence-corrected chi connectivity index (χ4v) is 3.71. The highest BCUT2D eigenvalue weighted by molar-refractivity contribution is 14.0. The Balaban J connectivity index is 0.00000420. The number of hydrogen-bond acceptors (Lipinski definition) is 4. The standard InChI is InChI=1S/C19H28Cl2N6S.HI/c1-4-18-26-24-13-27(18)10-9-23-19(22-8-5-11-28-3)25-14(2)16-7-6-15(20)12-17(16)21;/h6-7,12-14H,4-5,8-11H2,1-3H3,(H2,22,23,25);1H. The monoisotopic (exact) mass is 570 g/mol. The molecule has 162 valence electrons. The molecule has 6 nitrogen and oxygen atoms in total. The van der Waals surface area contributed by atoms with E-state index >= 15 is 0 Å². The highest BCUT2D eigenvalue weighted by atomic mass is 127. The van der Waals surface area contributed by atoms with Gasteiger partial charge in [-0.1, -0.05) is 36.2 Å². The molecule has 2 rings (SSSR count). The quantitative estimate of drug-likeness (QED) is 0.186. The van der Waals surface area contributed by atoms with Crippen LogP contribution in [0.4, 0.5) is 0 Å². The number of halogens is 3. The molecule has 1 unspecified atom stereocenters. The molecule has 0 radical (unpaired) electrons. The van der Waals surface area contributed by atoms with Crippen LogP contribution in [0.5, 0.6) is 0 Å². The Kier molecular flexibility index (Phi) is 13.0. The van der Waals surface area contributed by atoms with Crippen LogP contribution in [0.3, 0.4) is 0 Å². The van der Waals surface area contributed by atoms with Crippen LogP contribution in [0.1, 0.15) is 37.7 Å². The Morgan fingerprint density at radius 1 is 1.34 bits per heavy atom. The van der Waals surface area contributed by atoms with Crippen LogP contribution in [0.15, 0.2) is 29.5 Å². The summed E-state index contributed by atoms with van der Waals surface area (Å²) in [5, 5.41) is 16.2. The van der Waals surface area contributed by atoms with Crippen molar-refractivity contribution in [2.45, 2.75) is 39.3 Å². The molecule has 29 heavy (non-hydrogen) atoms. The van der Waals surface area contributed by atoms with Gasteiger partial charge in [-0.2, -0.15) is 11.8 Å². The summed E-state index contributed by atoms with van der Waals surface area (Å²) in [6.07, 6.45) is 5.77. The van der Waals surface area contributed by atoms with Crippen molar-refractivity contribution >= 4 is 64.9 Å². The van der Waals surface area contributed by atoms with Gasteiger partial charge in [-0.25, -0.2) is 0 Å². The molecule has 1 atom stereocenters. The molecule has 0 spiro atoms. The molecule has 2 N–H and O–H groups in total. The van der Waals surface area contributed by atoms with E-state index in [0.717, 1.165) is 55.6 Å². The SMILES string of the molecule is CCc1nncn1CCNC(=NCCCSC)NC(C)c1ccc(Cl)cc1Cl.I. The van der Waals surface area contributed by atoms with E-state index in [2.05, 4.69) is 45.5 Å². The van der Waals surface area contributed by atoms with Crippen molar-refractivity contribution in [1.82, 2.24) is 25.4 Å². The van der Waals surface area contributed by atoms with Crippen molar-refractivity contribution in [1.29, 1.82) is 0 Å². The van der Waals surface area contributed by atoms with Crippen LogP contribution < -0.4 is 10.6 Å². The van der Waals surface area contributed by atoms with Crippen LogP contribution in [-0.4, -0.2) is 45.8 Å². The van der Waals surface area contributed by atoms with Gasteiger partial charge in [0, 0.05) is 36.1 Å². The van der Waals surface area contributed by atoms with Gasteiger partial charge < -0.3 is 15.2 Å². The molecule has 1 aromatic carbocycles. The number of benzene rings is 1. The summed E-state index contributed by atoms with van der Waals surface area (Å²) in [5.74, 6) is 2.84. The van der Waals surface area contributed by atoms with Crippen molar-refractivity contribution < 1.29 is 0 Å². The maximum Gasteiger partial charge on any atom is 0.191 e. The van der Waals surface area contributed by atoms with Crippen molar-refractivity contribution in [2.24, 2.45) is 4.99 Å². The molecular weight excluding hydrogens is 542 g/mol. The Morgan fingerprint density at radius 2 is 2.14 bits per heavy atom. The molecule has 2 aromatic rings. The van der Waals surface area contributed by atoms with Gasteiger partial charge >= 0.3 is 0 Å². The average molecular weight is 571 g/mol. The van der Waals surface area contributed by atoms with Gasteiger partial charge in [0.1, 0.15) is 12.2 Å². The van der Waals surface area contributed by atoms with Crippen LogP contribution >= 0.6 is 58.9 Å². The van der Waals surface area contributed by atoms with Crippen LogP contribution in [0.2, 0.25) is 10.0 Å². The number of nitrogens with one attached hydrogen (secondary N) is 2. The molecule has 0 saturated heterocycles. The lowest BCUT2D eigenvalue weighted by molar-refractivity contribution is 0.619. The van der Waals surface area contributed by atoms with Crippen LogP contribution in [-0.2, 0) is 13.0 Å². The van der Waals surface area contributed by atoms with Crippen molar-refractivity contribution in [2.75, 3.05) is 25.1 Å². The zero-order chi connectivity index (χ0) is 20.4. The molecule has 0 aliphatic carbocycles. The van der Waals surface area contributed by atoms with Crippen molar-refractivity contribution in [3.05, 3.63) is 46.0 Å². The molecule has 0 aliphatic heterocycles. The Hall–Kier alpha value is -0.710. The number of guanidine groups is 1. The Labute approximate surface area is 204 Å². The zero-order valence-corrected chi connectivity index (χ0v) is 21.6. The van der Waals surface area contributed by atoms with Gasteiger partial charge in [0.25, 0.3) is 0 Å². The summed E-state index contributed by atoms with van der Waals surface area (Å²) in [6, 6.07) is 5.55. The third kappa shape index (κ3) is 8.90. The Bertz CT molecular complexity index is 771. The minimum atomic E-state index is -0.00215. The van der Waals surface area contributed by atoms with E-state index in [1.54, 1.807) is 12.4 Å². The minimum absolute atomic E-state index is 0. The smallest absolute Gasteiger partial charge is 0.191 e. The first kappa shape index (κ1) is 26.3. The molecule has 0 aliphatic rings. The van der Waals surface area contributed by atoms with Crippen molar-refractivity contribution in [3.63, 3.8) is 0 Å². The van der Waals surface area contributed by atoms with Gasteiger partial charge in [0.15, 0.2) is 5.96 Å². The number of nitrogens with zero attached hydrogens (tertiary/aromatic N) is 4. The van der Waals surface area contributed by atoms with Crippen LogP contribution in [0, 0.1) is 0 Å². The molecule has 0 fully saturated rings. The second kappa shape index (κ2) is 14.3. The van der Waals surface area contributed by atoms with E-state index in [9.17, 15) is 0 Å². The molecular formula is C19H29Cl2IN6S. The van der Waals surface area contributed by atoms with Gasteiger partial charge in [0.2, 0.25) is 0 Å². The lowest BCUT2D eigenvalue weighted by atomic mass is 10.1. The minimum Gasteiger partial charge on any atom is -0.355 e. The fourth-order valence-electron chi connectivity index (χ4n) is 2.72. The van der Waals surface area contributed by atoms with E-state index in [0.29, 0.717) is 10.0 Å². The molecule has 0 saturated carbocycles. The highest BCUT2D eigenvalue weighted by Gasteiger charge is 2.12. The third-order valence-corrected chi connectivity index (χ3v) is 5.48. The predicted octanol–water partition coefficient (Wildman–Crippen LogP) is 4.81. The summed E-state index contributed by atoms with van der Waals surface area (Å²) in [7, 11) is 0. The molecule has 1 heterocycles. The van der Waals surface area contributed by atoms with E-state index in [4.69, 9.17) is 28.2 Å². The fraction of sp³-hybridized carbons (Fsp3) is 0.526. The summed E-state index contributed by atoms with van der Waals surface area (Å²) in [4.78, 5) is 4.71. The predicted molar refractivity (Wildman–Crippen MR) is 136 cm³/mol. The van der Waals surface area contributed by atoms with Gasteiger partial charge in [-0.05, 0) is 43.0 Å². The molecule has 1 aromatic heterocycles. The largest absolute Gasteiger partial charge is 0.355 e. The lowest BCUT2D eigenvalue weighted by Crippen LogP contribution is -2.40. The van der Waals surface area contributed by atoms with Crippen LogP contribution in [0.25, 0.3) is 0 Å². The van der Waals surface area contributed by atoms with E-state index in [-0.39, 0.29) is 30.0 Å². The summed E-state index contributed by atoms with van der Waals surface area (Å²) in [6.45, 7) is 6.40. The van der Waals surface area contributed by atoms with Crippen molar-refractivity contribution in [3.8, 4) is 0 Å². The number of thioether (sulfide) groups is 1. The zero-order valence-electron chi connectivity index (χ0n) is 17.0. The number of aliphatic imine (C=N–C) groups is 1. The molecule has 0 bridgehead atoms. The van der Waals surface area contributed by atoms with Gasteiger partial charge in [0.05, 0.1) is 6.04 Å². The maximum absolute atomic E-state index is 6.35. The number of aryl methyl sites for hydroxylation is 1. The normalized spacial score (nSPS) is 12.4. The first-order valence-electron chi connectivity index (χ1n) is 9.40. The number of rotatable bonds is 10. The van der Waals surface area contributed by atoms with E-state index in [1.807, 2.05) is 23.9 Å². The van der Waals surface area contributed by atoms with Gasteiger partial charge in [-0.15, -0.1) is 34.2 Å². The number of aromatic nitrogens is 3. The summed E-state index contributed by atoms with van der Waals surface area (Å²) < 4.78 is 2.05. The first-order valence-corrected chi connectivity index (χ1v) is 11.6. The molecule has 10 heteroatoms. The second-order valence-corrected chi connectivity index (χ2v) is 8.16. The third-order valence-electron chi connectivity index (χ3n) is 4.22. The summed E-state index contributed by atoms with van der Waals surface area (Å²) in [5.41, 5.74) is 0.983. The Morgan fingerprint density at radius 3 is 2.83 bits per heavy atom. The topological polar surface area (TPSA) is 67.1 Å². The second-order valence-electron chi connectivity index (χ2n) is 6.33. The van der Waals surface area contributed by atoms with E-state index in [1.165, 1.54) is 0 Å². The lowest BCUT2D eigenvalue weighted by Gasteiger charge is -2.20. The average Bonchev–Trinajstić information content (AvgIpc) is 3.12. The first-order chi connectivity index (χ1) is 13.5. The van der Waals surface area contributed by atoms with Gasteiger partial charge in [-0.3, -0.25) is 4.99 Å². The number of hydrogen-bond donors (Lipinski definition) is 2.